The van der Waals surface area contributed by atoms with Crippen LogP contribution in [0.15, 0.2) is 36.4 Å². The summed E-state index contributed by atoms with van der Waals surface area (Å²) < 4.78 is 53.9. The summed E-state index contributed by atoms with van der Waals surface area (Å²) in [5.74, 6) is -1.74. The van der Waals surface area contributed by atoms with E-state index in [9.17, 15) is 22.0 Å². The Hall–Kier alpha value is -2.00. The van der Waals surface area contributed by atoms with Crippen LogP contribution in [0.25, 0.3) is 10.4 Å². The van der Waals surface area contributed by atoms with Gasteiger partial charge < -0.3 is 4.74 Å². The number of benzene rings is 1. The fraction of sp³-hybridized carbons (Fsp3) is 0.214. The van der Waals surface area contributed by atoms with Gasteiger partial charge in [0.1, 0.15) is 11.5 Å². The van der Waals surface area contributed by atoms with Crippen molar-refractivity contribution in [1.29, 1.82) is 0 Å². The van der Waals surface area contributed by atoms with Crippen LogP contribution in [-0.2, 0) is 10.0 Å². The molecule has 0 spiro atoms. The molecule has 2 aromatic rings. The molecule has 0 unspecified atom stereocenters. The van der Waals surface area contributed by atoms with Crippen LogP contribution in [0.4, 0.5) is 8.78 Å². The standard InChI is InChI=1S/C14H13F2NO4S2/c1-21-10-5-3-2-4-9(10)11-6-7-12(22-11)14(18)17-23(19,20)8-13(15)16/h2-7,13H,8H2,1H3,(H,17,18). The molecule has 0 radical (unpaired) electrons. The first-order valence-electron chi connectivity index (χ1n) is 6.38. The van der Waals surface area contributed by atoms with Crippen LogP contribution in [0.2, 0.25) is 0 Å². The highest BCUT2D eigenvalue weighted by Gasteiger charge is 2.22. The molecule has 1 aromatic heterocycles. The molecule has 0 saturated carbocycles. The van der Waals surface area contributed by atoms with Crippen LogP contribution in [-0.4, -0.2) is 33.6 Å². The lowest BCUT2D eigenvalue weighted by Crippen LogP contribution is -2.34. The second-order valence-corrected chi connectivity index (χ2v) is 7.32. The molecule has 1 heterocycles. The van der Waals surface area contributed by atoms with Gasteiger partial charge in [0.25, 0.3) is 12.3 Å². The van der Waals surface area contributed by atoms with E-state index >= 15 is 0 Å². The van der Waals surface area contributed by atoms with E-state index in [1.807, 2.05) is 0 Å². The van der Waals surface area contributed by atoms with Gasteiger partial charge in [-0.2, -0.15) is 0 Å². The molecule has 5 nitrogen and oxygen atoms in total. The van der Waals surface area contributed by atoms with Crippen LogP contribution < -0.4 is 9.46 Å². The van der Waals surface area contributed by atoms with Crippen molar-refractivity contribution in [2.24, 2.45) is 0 Å². The molecule has 124 valence electrons. The number of para-hydroxylation sites is 1. The summed E-state index contributed by atoms with van der Waals surface area (Å²) in [5.41, 5.74) is 0.745. The average Bonchev–Trinajstić information content (AvgIpc) is 2.95. The highest BCUT2D eigenvalue weighted by Crippen LogP contribution is 2.34. The number of halogens is 2. The zero-order valence-electron chi connectivity index (χ0n) is 12.0. The van der Waals surface area contributed by atoms with Gasteiger partial charge in [-0.05, 0) is 24.3 Å². The minimum atomic E-state index is -4.36. The molecule has 1 aromatic carbocycles. The Balaban J connectivity index is 2.21. The molecule has 2 rings (SSSR count). The number of carbonyl (C=O) groups excluding carboxylic acids is 1. The number of carbonyl (C=O) groups is 1. The van der Waals surface area contributed by atoms with Crippen molar-refractivity contribution in [3.05, 3.63) is 41.3 Å². The maximum absolute atomic E-state index is 12.2. The molecule has 0 atom stereocenters. The summed E-state index contributed by atoms with van der Waals surface area (Å²) in [4.78, 5) is 12.7. The van der Waals surface area contributed by atoms with Crippen molar-refractivity contribution in [3.8, 4) is 16.2 Å². The molecular weight excluding hydrogens is 348 g/mol. The summed E-state index contributed by atoms with van der Waals surface area (Å²) in [6.07, 6.45) is -3.05. The Morgan fingerprint density at radius 3 is 2.61 bits per heavy atom. The van der Waals surface area contributed by atoms with Crippen LogP contribution in [0.1, 0.15) is 9.67 Å². The number of thiophene rings is 1. The number of rotatable bonds is 6. The largest absolute Gasteiger partial charge is 0.496 e. The second kappa shape index (κ2) is 7.05. The Bertz CT molecular complexity index is 803. The van der Waals surface area contributed by atoms with Crippen molar-refractivity contribution in [3.63, 3.8) is 0 Å². The summed E-state index contributed by atoms with van der Waals surface area (Å²) in [7, 11) is -2.85. The first-order valence-corrected chi connectivity index (χ1v) is 8.85. The molecule has 0 aliphatic carbocycles. The van der Waals surface area contributed by atoms with Crippen molar-refractivity contribution >= 4 is 27.3 Å². The van der Waals surface area contributed by atoms with Gasteiger partial charge in [-0.25, -0.2) is 21.9 Å². The zero-order chi connectivity index (χ0) is 17.0. The van der Waals surface area contributed by atoms with Gasteiger partial charge in [0.15, 0.2) is 0 Å². The minimum Gasteiger partial charge on any atom is -0.496 e. The normalized spacial score (nSPS) is 11.5. The van der Waals surface area contributed by atoms with Crippen LogP contribution in [0, 0.1) is 0 Å². The van der Waals surface area contributed by atoms with E-state index in [-0.39, 0.29) is 4.88 Å². The summed E-state index contributed by atoms with van der Waals surface area (Å²) >= 11 is 1.04. The number of nitrogens with one attached hydrogen (secondary N) is 1. The highest BCUT2D eigenvalue weighted by molar-refractivity contribution is 7.90. The van der Waals surface area contributed by atoms with Crippen LogP contribution >= 0.6 is 11.3 Å². The van der Waals surface area contributed by atoms with Gasteiger partial charge in [-0.15, -0.1) is 11.3 Å². The number of methoxy groups -OCH3 is 1. The molecule has 9 heteroatoms. The number of hydrogen-bond donors (Lipinski definition) is 1. The van der Waals surface area contributed by atoms with E-state index in [2.05, 4.69) is 0 Å². The summed E-state index contributed by atoms with van der Waals surface area (Å²) in [6.45, 7) is 0. The van der Waals surface area contributed by atoms with Gasteiger partial charge in [-0.3, -0.25) is 4.79 Å². The number of ether oxygens (including phenoxy) is 1. The minimum absolute atomic E-state index is 0.101. The number of sulfonamides is 1. The van der Waals surface area contributed by atoms with Gasteiger partial charge in [0, 0.05) is 10.4 Å². The second-order valence-electron chi connectivity index (χ2n) is 4.47. The van der Waals surface area contributed by atoms with E-state index in [1.165, 1.54) is 13.2 Å². The monoisotopic (exact) mass is 361 g/mol. The van der Waals surface area contributed by atoms with E-state index in [4.69, 9.17) is 4.74 Å². The molecule has 0 fully saturated rings. The third-order valence-corrected chi connectivity index (χ3v) is 5.10. The molecule has 0 aliphatic rings. The molecule has 0 saturated heterocycles. The van der Waals surface area contributed by atoms with Crippen LogP contribution in [0.5, 0.6) is 5.75 Å². The average molecular weight is 361 g/mol. The van der Waals surface area contributed by atoms with Crippen molar-refractivity contribution in [1.82, 2.24) is 4.72 Å². The quantitative estimate of drug-likeness (QED) is 0.859. The third-order valence-electron chi connectivity index (χ3n) is 2.80. The van der Waals surface area contributed by atoms with Gasteiger partial charge in [0.05, 0.1) is 12.0 Å². The molecule has 0 aliphatic heterocycles. The van der Waals surface area contributed by atoms with Gasteiger partial charge in [-0.1, -0.05) is 12.1 Å². The molecule has 1 N–H and O–H groups in total. The van der Waals surface area contributed by atoms with Crippen molar-refractivity contribution in [2.45, 2.75) is 6.43 Å². The first-order chi connectivity index (χ1) is 10.8. The lowest BCUT2D eigenvalue weighted by molar-refractivity contribution is 0.0984. The maximum atomic E-state index is 12.2. The fourth-order valence-electron chi connectivity index (χ4n) is 1.85. The number of hydrogen-bond acceptors (Lipinski definition) is 5. The molecular formula is C14H13F2NO4S2. The summed E-state index contributed by atoms with van der Waals surface area (Å²) in [5, 5.41) is 0. The highest BCUT2D eigenvalue weighted by atomic mass is 32.2. The van der Waals surface area contributed by atoms with E-state index < -0.39 is 28.1 Å². The Kier molecular flexibility index (Phi) is 5.32. The first kappa shape index (κ1) is 17.4. The molecule has 23 heavy (non-hydrogen) atoms. The van der Waals surface area contributed by atoms with Crippen molar-refractivity contribution in [2.75, 3.05) is 12.9 Å². The van der Waals surface area contributed by atoms with Gasteiger partial charge >= 0.3 is 0 Å². The smallest absolute Gasteiger partial charge is 0.274 e. The Morgan fingerprint density at radius 1 is 1.26 bits per heavy atom. The molecule has 1 amide bonds. The predicted molar refractivity (Wildman–Crippen MR) is 83.6 cm³/mol. The number of amides is 1. The summed E-state index contributed by atoms with van der Waals surface area (Å²) in [6, 6.07) is 10.2. The van der Waals surface area contributed by atoms with Crippen molar-refractivity contribution < 1.29 is 26.7 Å². The van der Waals surface area contributed by atoms with Crippen LogP contribution in [0.3, 0.4) is 0 Å². The lowest BCUT2D eigenvalue weighted by atomic mass is 10.1. The van der Waals surface area contributed by atoms with E-state index in [1.54, 1.807) is 35.1 Å². The Morgan fingerprint density at radius 2 is 1.96 bits per heavy atom. The zero-order valence-corrected chi connectivity index (χ0v) is 13.6. The predicted octanol–water partition coefficient (Wildman–Crippen LogP) is 2.75. The van der Waals surface area contributed by atoms with Gasteiger partial charge in [0.2, 0.25) is 10.0 Å². The van der Waals surface area contributed by atoms with E-state index in [0.717, 1.165) is 16.9 Å². The lowest BCUT2D eigenvalue weighted by Gasteiger charge is -2.06. The number of alkyl halides is 2. The topological polar surface area (TPSA) is 72.5 Å². The Labute approximate surface area is 136 Å². The van der Waals surface area contributed by atoms with E-state index in [0.29, 0.717) is 10.6 Å². The third kappa shape index (κ3) is 4.49. The SMILES string of the molecule is COc1ccccc1-c1ccc(C(=O)NS(=O)(=O)CC(F)F)s1. The maximum Gasteiger partial charge on any atom is 0.274 e. The molecule has 0 bridgehead atoms. The fourth-order valence-corrected chi connectivity index (χ4v) is 3.66.